The second kappa shape index (κ2) is 7.34. The molecule has 0 fully saturated rings. The van der Waals surface area contributed by atoms with Gasteiger partial charge < -0.3 is 5.32 Å². The Balaban J connectivity index is 2.17. The first kappa shape index (κ1) is 16.4. The summed E-state index contributed by atoms with van der Waals surface area (Å²) in [6.45, 7) is 0. The van der Waals surface area contributed by atoms with E-state index >= 15 is 0 Å². The van der Waals surface area contributed by atoms with E-state index in [9.17, 15) is 8.78 Å². The Labute approximate surface area is 136 Å². The van der Waals surface area contributed by atoms with Crippen molar-refractivity contribution in [1.82, 2.24) is 5.32 Å². The zero-order valence-corrected chi connectivity index (χ0v) is 13.8. The van der Waals surface area contributed by atoms with Gasteiger partial charge in [0.05, 0.1) is 0 Å². The zero-order chi connectivity index (χ0) is 15.4. The smallest absolute Gasteiger partial charge is 0.127 e. The Morgan fingerprint density at radius 3 is 2.57 bits per heavy atom. The van der Waals surface area contributed by atoms with E-state index in [0.29, 0.717) is 27.9 Å². The molecule has 21 heavy (non-hydrogen) atoms. The van der Waals surface area contributed by atoms with Gasteiger partial charge in [0.15, 0.2) is 0 Å². The second-order valence-electron chi connectivity index (χ2n) is 4.83. The molecular formula is C16H15BrClF2N. The lowest BCUT2D eigenvalue weighted by Gasteiger charge is -2.18. The Hall–Kier alpha value is -0.970. The minimum Gasteiger partial charge on any atom is -0.316 e. The highest BCUT2D eigenvalue weighted by Gasteiger charge is 2.15. The third-order valence-corrected chi connectivity index (χ3v) is 4.49. The normalized spacial score (nSPS) is 12.4. The van der Waals surface area contributed by atoms with Crippen LogP contribution in [-0.2, 0) is 12.8 Å². The maximum Gasteiger partial charge on any atom is 0.127 e. The van der Waals surface area contributed by atoms with Crippen LogP contribution in [0.4, 0.5) is 8.78 Å². The van der Waals surface area contributed by atoms with Gasteiger partial charge in [-0.1, -0.05) is 39.7 Å². The molecule has 0 aliphatic rings. The van der Waals surface area contributed by atoms with Crippen molar-refractivity contribution in [2.45, 2.75) is 18.9 Å². The maximum atomic E-state index is 13.8. The highest BCUT2D eigenvalue weighted by atomic mass is 79.9. The van der Waals surface area contributed by atoms with Gasteiger partial charge in [-0.15, -0.1) is 0 Å². The first-order valence-electron chi connectivity index (χ1n) is 6.55. The topological polar surface area (TPSA) is 12.0 Å². The lowest BCUT2D eigenvalue weighted by atomic mass is 9.98. The quantitative estimate of drug-likeness (QED) is 0.796. The van der Waals surface area contributed by atoms with Crippen molar-refractivity contribution in [2.75, 3.05) is 7.05 Å². The summed E-state index contributed by atoms with van der Waals surface area (Å²) in [7, 11) is 1.82. The number of hydrogen-bond acceptors (Lipinski definition) is 1. The van der Waals surface area contributed by atoms with Gasteiger partial charge in [-0.05, 0) is 49.7 Å². The molecule has 0 amide bonds. The average Bonchev–Trinajstić information content (AvgIpc) is 2.44. The van der Waals surface area contributed by atoms with Crippen molar-refractivity contribution >= 4 is 27.5 Å². The van der Waals surface area contributed by atoms with Crippen molar-refractivity contribution in [2.24, 2.45) is 0 Å². The number of nitrogens with one attached hydrogen (secondary N) is 1. The summed E-state index contributed by atoms with van der Waals surface area (Å²) in [6, 6.07) is 9.25. The van der Waals surface area contributed by atoms with Gasteiger partial charge in [-0.25, -0.2) is 8.78 Å². The van der Waals surface area contributed by atoms with Crippen molar-refractivity contribution in [3.05, 3.63) is 68.7 Å². The summed E-state index contributed by atoms with van der Waals surface area (Å²) >= 11 is 9.41. The zero-order valence-electron chi connectivity index (χ0n) is 11.5. The molecule has 0 saturated heterocycles. The number of hydrogen-bond donors (Lipinski definition) is 1. The lowest BCUT2D eigenvalue weighted by molar-refractivity contribution is 0.531. The summed E-state index contributed by atoms with van der Waals surface area (Å²) in [5.74, 6) is -0.593. The molecule has 1 N–H and O–H groups in total. The second-order valence-corrected chi connectivity index (χ2v) is 6.09. The largest absolute Gasteiger partial charge is 0.316 e. The average molecular weight is 375 g/mol. The van der Waals surface area contributed by atoms with Crippen LogP contribution in [0, 0.1) is 11.6 Å². The predicted molar refractivity (Wildman–Crippen MR) is 85.8 cm³/mol. The van der Waals surface area contributed by atoms with Crippen LogP contribution in [0.1, 0.15) is 11.1 Å². The minimum absolute atomic E-state index is 0.00108. The number of halogens is 4. The van der Waals surface area contributed by atoms with Gasteiger partial charge in [-0.3, -0.25) is 0 Å². The lowest BCUT2D eigenvalue weighted by Crippen LogP contribution is -2.30. The molecule has 0 radical (unpaired) electrons. The molecule has 0 saturated carbocycles. The van der Waals surface area contributed by atoms with Crippen molar-refractivity contribution < 1.29 is 8.78 Å². The summed E-state index contributed by atoms with van der Waals surface area (Å²) in [5.41, 5.74) is 1.46. The molecule has 0 spiro atoms. The molecule has 112 valence electrons. The van der Waals surface area contributed by atoms with Crippen LogP contribution < -0.4 is 5.32 Å². The molecule has 0 aliphatic carbocycles. The molecule has 1 nitrogen and oxygen atoms in total. The first-order chi connectivity index (χ1) is 10.0. The highest BCUT2D eigenvalue weighted by Crippen LogP contribution is 2.24. The van der Waals surface area contributed by atoms with E-state index in [1.165, 1.54) is 18.2 Å². The van der Waals surface area contributed by atoms with E-state index in [1.807, 2.05) is 7.05 Å². The SMILES string of the molecule is CNC(Cc1ccc(F)cc1Br)Cc1c(F)cccc1Cl. The fourth-order valence-corrected chi connectivity index (χ4v) is 2.96. The van der Waals surface area contributed by atoms with Crippen molar-refractivity contribution in [3.63, 3.8) is 0 Å². The van der Waals surface area contributed by atoms with E-state index in [0.717, 1.165) is 5.56 Å². The van der Waals surface area contributed by atoms with Gasteiger partial charge in [0.1, 0.15) is 11.6 Å². The third kappa shape index (κ3) is 4.25. The molecule has 2 rings (SSSR count). The molecule has 2 aromatic rings. The van der Waals surface area contributed by atoms with Crippen LogP contribution in [0.2, 0.25) is 5.02 Å². The van der Waals surface area contributed by atoms with E-state index in [2.05, 4.69) is 21.2 Å². The number of likely N-dealkylation sites (N-methyl/N-ethyl adjacent to an activating group) is 1. The first-order valence-corrected chi connectivity index (χ1v) is 7.72. The standard InChI is InChI=1S/C16H15BrClF2N/c1-21-12(7-10-5-6-11(19)8-14(10)17)9-13-15(18)3-2-4-16(13)20/h2-6,8,12,21H,7,9H2,1H3. The maximum absolute atomic E-state index is 13.8. The summed E-state index contributed by atoms with van der Waals surface area (Å²) < 4.78 is 27.7. The van der Waals surface area contributed by atoms with E-state index in [4.69, 9.17) is 11.6 Å². The van der Waals surface area contributed by atoms with Gasteiger partial charge >= 0.3 is 0 Å². The summed E-state index contributed by atoms with van der Waals surface area (Å²) in [6.07, 6.45) is 1.11. The summed E-state index contributed by atoms with van der Waals surface area (Å²) in [4.78, 5) is 0. The minimum atomic E-state index is -0.305. The number of benzene rings is 2. The van der Waals surface area contributed by atoms with Gasteiger partial charge in [0.25, 0.3) is 0 Å². The monoisotopic (exact) mass is 373 g/mol. The molecule has 1 atom stereocenters. The fourth-order valence-electron chi connectivity index (χ4n) is 2.20. The Morgan fingerprint density at radius 1 is 1.19 bits per heavy atom. The molecular weight excluding hydrogens is 360 g/mol. The van der Waals surface area contributed by atoms with Crippen LogP contribution in [-0.4, -0.2) is 13.1 Å². The molecule has 0 aliphatic heterocycles. The van der Waals surface area contributed by atoms with Crippen LogP contribution in [0.25, 0.3) is 0 Å². The molecule has 0 heterocycles. The van der Waals surface area contributed by atoms with Gasteiger partial charge in [0, 0.05) is 21.1 Å². The van der Waals surface area contributed by atoms with E-state index in [-0.39, 0.29) is 17.7 Å². The Bertz CT molecular complexity index is 613. The molecule has 0 aromatic heterocycles. The number of rotatable bonds is 5. The van der Waals surface area contributed by atoms with E-state index in [1.54, 1.807) is 18.2 Å². The molecule has 2 aromatic carbocycles. The molecule has 0 bridgehead atoms. The van der Waals surface area contributed by atoms with Gasteiger partial charge in [-0.2, -0.15) is 0 Å². The molecule has 5 heteroatoms. The Morgan fingerprint density at radius 2 is 1.95 bits per heavy atom. The molecule has 1 unspecified atom stereocenters. The Kier molecular flexibility index (Phi) is 5.73. The van der Waals surface area contributed by atoms with Crippen LogP contribution in [0.5, 0.6) is 0 Å². The summed E-state index contributed by atoms with van der Waals surface area (Å²) in [5, 5.41) is 3.58. The van der Waals surface area contributed by atoms with Crippen LogP contribution in [0.15, 0.2) is 40.9 Å². The third-order valence-electron chi connectivity index (χ3n) is 3.40. The highest BCUT2D eigenvalue weighted by molar-refractivity contribution is 9.10. The van der Waals surface area contributed by atoms with Crippen molar-refractivity contribution in [3.8, 4) is 0 Å². The van der Waals surface area contributed by atoms with Gasteiger partial charge in [0.2, 0.25) is 0 Å². The van der Waals surface area contributed by atoms with Crippen LogP contribution in [0.3, 0.4) is 0 Å². The van der Waals surface area contributed by atoms with Crippen LogP contribution >= 0.6 is 27.5 Å². The fraction of sp³-hybridized carbons (Fsp3) is 0.250. The predicted octanol–water partition coefficient (Wildman–Crippen LogP) is 4.75. The van der Waals surface area contributed by atoms with Crippen molar-refractivity contribution in [1.29, 1.82) is 0 Å². The van der Waals surface area contributed by atoms with E-state index < -0.39 is 0 Å².